The summed E-state index contributed by atoms with van der Waals surface area (Å²) in [6, 6.07) is 0. The molecule has 122 valence electrons. The smallest absolute Gasteiger partial charge is 0.243 e. The summed E-state index contributed by atoms with van der Waals surface area (Å²) < 4.78 is 28.5. The summed E-state index contributed by atoms with van der Waals surface area (Å²) in [5, 5.41) is 7.43. The van der Waals surface area contributed by atoms with Gasteiger partial charge in [0, 0.05) is 19.3 Å². The van der Waals surface area contributed by atoms with Crippen molar-refractivity contribution < 1.29 is 8.42 Å². The highest BCUT2D eigenvalue weighted by Crippen LogP contribution is 2.08. The fourth-order valence-electron chi connectivity index (χ4n) is 1.75. The molecule has 1 rings (SSSR count). The van der Waals surface area contributed by atoms with Gasteiger partial charge >= 0.3 is 0 Å². The molecule has 7 heteroatoms. The lowest BCUT2D eigenvalue weighted by Crippen LogP contribution is -2.28. The Morgan fingerprint density at radius 3 is 2.76 bits per heavy atom. The lowest BCUT2D eigenvalue weighted by atomic mass is 10.1. The molecule has 0 fully saturated rings. The predicted octanol–water partition coefficient (Wildman–Crippen LogP) is 1.60. The fourth-order valence-corrected chi connectivity index (χ4v) is 2.87. The Kier molecular flexibility index (Phi) is 7.92. The number of nitrogens with zero attached hydrogens (tertiary/aromatic N) is 2. The third-order valence-corrected chi connectivity index (χ3v) is 4.78. The van der Waals surface area contributed by atoms with Crippen molar-refractivity contribution in [3.05, 3.63) is 12.4 Å². The lowest BCUT2D eigenvalue weighted by molar-refractivity contribution is 0.527. The molecule has 6 nitrogen and oxygen atoms in total. The first-order valence-electron chi connectivity index (χ1n) is 7.72. The quantitative estimate of drug-likeness (QED) is 0.608. The highest BCUT2D eigenvalue weighted by atomic mass is 32.2. The van der Waals surface area contributed by atoms with Crippen molar-refractivity contribution in [2.75, 3.05) is 19.6 Å². The molecule has 0 spiro atoms. The molecule has 1 atom stereocenters. The molecule has 0 amide bonds. The van der Waals surface area contributed by atoms with E-state index in [2.05, 4.69) is 22.1 Å². The van der Waals surface area contributed by atoms with Crippen LogP contribution in [-0.2, 0) is 16.6 Å². The first-order chi connectivity index (χ1) is 9.99. The van der Waals surface area contributed by atoms with Crippen molar-refractivity contribution in [3.63, 3.8) is 0 Å². The SMILES string of the molecule is CCCNCCCn1cc(S(=O)(=O)NCC(C)CC)cn1. The van der Waals surface area contributed by atoms with Crippen molar-refractivity contribution in [1.82, 2.24) is 19.8 Å². The van der Waals surface area contributed by atoms with Gasteiger partial charge in [0.05, 0.1) is 6.20 Å². The van der Waals surface area contributed by atoms with Gasteiger partial charge in [-0.3, -0.25) is 4.68 Å². The van der Waals surface area contributed by atoms with Gasteiger partial charge < -0.3 is 5.32 Å². The van der Waals surface area contributed by atoms with E-state index in [1.165, 1.54) is 6.20 Å². The predicted molar refractivity (Wildman–Crippen MR) is 84.6 cm³/mol. The zero-order valence-electron chi connectivity index (χ0n) is 13.3. The molecule has 2 N–H and O–H groups in total. The molecule has 0 bridgehead atoms. The summed E-state index contributed by atoms with van der Waals surface area (Å²) in [6.45, 7) is 9.31. The van der Waals surface area contributed by atoms with Crippen LogP contribution in [0, 0.1) is 5.92 Å². The van der Waals surface area contributed by atoms with Gasteiger partial charge in [-0.1, -0.05) is 27.2 Å². The molecule has 21 heavy (non-hydrogen) atoms. The topological polar surface area (TPSA) is 76.0 Å². The monoisotopic (exact) mass is 316 g/mol. The summed E-state index contributed by atoms with van der Waals surface area (Å²) in [5.74, 6) is 0.333. The molecule has 0 saturated heterocycles. The summed E-state index contributed by atoms with van der Waals surface area (Å²) in [5.41, 5.74) is 0. The highest BCUT2D eigenvalue weighted by molar-refractivity contribution is 7.89. The third-order valence-electron chi connectivity index (χ3n) is 3.41. The molecular weight excluding hydrogens is 288 g/mol. The molecule has 1 heterocycles. The van der Waals surface area contributed by atoms with Crippen LogP contribution in [0.15, 0.2) is 17.3 Å². The highest BCUT2D eigenvalue weighted by Gasteiger charge is 2.16. The first kappa shape index (κ1) is 18.1. The number of hydrogen-bond acceptors (Lipinski definition) is 4. The Labute approximate surface area is 128 Å². The Hall–Kier alpha value is -0.920. The second kappa shape index (κ2) is 9.17. The maximum Gasteiger partial charge on any atom is 0.243 e. The standard InChI is InChI=1S/C14H28N4O2S/c1-4-7-15-8-6-9-18-12-14(11-16-18)21(19,20)17-10-13(3)5-2/h11-13,15,17H,4-10H2,1-3H3. The molecule has 0 saturated carbocycles. The minimum absolute atomic E-state index is 0.243. The van der Waals surface area contributed by atoms with Crippen molar-refractivity contribution in [2.45, 2.75) is 51.5 Å². The Balaban J connectivity index is 2.45. The van der Waals surface area contributed by atoms with Crippen molar-refractivity contribution in [3.8, 4) is 0 Å². The van der Waals surface area contributed by atoms with Crippen LogP contribution < -0.4 is 10.0 Å². The van der Waals surface area contributed by atoms with Gasteiger partial charge in [-0.15, -0.1) is 0 Å². The number of aryl methyl sites for hydroxylation is 1. The van der Waals surface area contributed by atoms with E-state index in [1.54, 1.807) is 10.9 Å². The van der Waals surface area contributed by atoms with E-state index in [0.717, 1.165) is 38.9 Å². The van der Waals surface area contributed by atoms with E-state index >= 15 is 0 Å². The van der Waals surface area contributed by atoms with Crippen molar-refractivity contribution in [2.24, 2.45) is 5.92 Å². The minimum atomic E-state index is -3.43. The van der Waals surface area contributed by atoms with Crippen LogP contribution in [0.25, 0.3) is 0 Å². The molecule has 0 aliphatic carbocycles. The summed E-state index contributed by atoms with van der Waals surface area (Å²) in [6.07, 6.45) is 6.01. The number of nitrogens with one attached hydrogen (secondary N) is 2. The van der Waals surface area contributed by atoms with Crippen LogP contribution in [0.5, 0.6) is 0 Å². The van der Waals surface area contributed by atoms with Crippen LogP contribution in [0.2, 0.25) is 0 Å². The van der Waals surface area contributed by atoms with Crippen LogP contribution in [0.4, 0.5) is 0 Å². The lowest BCUT2D eigenvalue weighted by Gasteiger charge is -2.09. The fraction of sp³-hybridized carbons (Fsp3) is 0.786. The normalized spacial score (nSPS) is 13.5. The zero-order valence-corrected chi connectivity index (χ0v) is 14.1. The summed E-state index contributed by atoms with van der Waals surface area (Å²) in [7, 11) is -3.43. The van der Waals surface area contributed by atoms with E-state index in [9.17, 15) is 8.42 Å². The van der Waals surface area contributed by atoms with Gasteiger partial charge in [-0.2, -0.15) is 5.10 Å². The second-order valence-electron chi connectivity index (χ2n) is 5.41. The van der Waals surface area contributed by atoms with Gasteiger partial charge in [-0.05, 0) is 31.8 Å². The zero-order chi connectivity index (χ0) is 15.7. The Morgan fingerprint density at radius 2 is 2.10 bits per heavy atom. The summed E-state index contributed by atoms with van der Waals surface area (Å²) >= 11 is 0. The van der Waals surface area contributed by atoms with Crippen LogP contribution >= 0.6 is 0 Å². The number of hydrogen-bond donors (Lipinski definition) is 2. The maximum atomic E-state index is 12.1. The van der Waals surface area contributed by atoms with Gasteiger partial charge in [-0.25, -0.2) is 13.1 Å². The number of rotatable bonds is 11. The largest absolute Gasteiger partial charge is 0.317 e. The third kappa shape index (κ3) is 6.58. The molecular formula is C14H28N4O2S. The van der Waals surface area contributed by atoms with E-state index in [1.807, 2.05) is 13.8 Å². The van der Waals surface area contributed by atoms with E-state index in [0.29, 0.717) is 12.5 Å². The van der Waals surface area contributed by atoms with Gasteiger partial charge in [0.25, 0.3) is 0 Å². The van der Waals surface area contributed by atoms with Gasteiger partial charge in [0.1, 0.15) is 4.90 Å². The van der Waals surface area contributed by atoms with Crippen molar-refractivity contribution in [1.29, 1.82) is 0 Å². The minimum Gasteiger partial charge on any atom is -0.317 e. The molecule has 1 aromatic heterocycles. The molecule has 0 aromatic carbocycles. The number of aromatic nitrogens is 2. The molecule has 0 aliphatic rings. The van der Waals surface area contributed by atoms with Crippen LogP contribution in [0.3, 0.4) is 0 Å². The first-order valence-corrected chi connectivity index (χ1v) is 9.20. The second-order valence-corrected chi connectivity index (χ2v) is 7.17. The van der Waals surface area contributed by atoms with Crippen LogP contribution in [0.1, 0.15) is 40.0 Å². The molecule has 0 aliphatic heterocycles. The Bertz CT molecular complexity index is 499. The molecule has 1 aromatic rings. The van der Waals surface area contributed by atoms with Crippen LogP contribution in [-0.4, -0.2) is 37.8 Å². The Morgan fingerprint density at radius 1 is 1.33 bits per heavy atom. The molecule has 1 unspecified atom stereocenters. The van der Waals surface area contributed by atoms with Crippen molar-refractivity contribution >= 4 is 10.0 Å². The van der Waals surface area contributed by atoms with E-state index in [4.69, 9.17) is 0 Å². The average molecular weight is 316 g/mol. The maximum absolute atomic E-state index is 12.1. The van der Waals surface area contributed by atoms with E-state index in [-0.39, 0.29) is 4.90 Å². The summed E-state index contributed by atoms with van der Waals surface area (Å²) in [4.78, 5) is 0.243. The van der Waals surface area contributed by atoms with E-state index < -0.39 is 10.0 Å². The molecule has 0 radical (unpaired) electrons. The van der Waals surface area contributed by atoms with Gasteiger partial charge in [0.15, 0.2) is 0 Å². The average Bonchev–Trinajstić information content (AvgIpc) is 2.94. The van der Waals surface area contributed by atoms with Gasteiger partial charge in [0.2, 0.25) is 10.0 Å². The number of sulfonamides is 1.